The van der Waals surface area contributed by atoms with Gasteiger partial charge in [-0.25, -0.2) is 0 Å². The lowest BCUT2D eigenvalue weighted by Crippen LogP contribution is -2.25. The van der Waals surface area contributed by atoms with Crippen LogP contribution in [-0.4, -0.2) is 17.9 Å². The highest BCUT2D eigenvalue weighted by molar-refractivity contribution is 6.03. The third-order valence-corrected chi connectivity index (χ3v) is 3.04. The van der Waals surface area contributed by atoms with Crippen LogP contribution in [0.2, 0.25) is 0 Å². The van der Waals surface area contributed by atoms with E-state index in [9.17, 15) is 9.59 Å². The van der Waals surface area contributed by atoms with Gasteiger partial charge in [0.1, 0.15) is 0 Å². The molecule has 20 heavy (non-hydrogen) atoms. The van der Waals surface area contributed by atoms with E-state index in [2.05, 4.69) is 10.6 Å². The largest absolute Gasteiger partial charge is 0.459 e. The molecule has 1 aromatic heterocycles. The lowest BCUT2D eigenvalue weighted by molar-refractivity contribution is 0.0949. The van der Waals surface area contributed by atoms with Gasteiger partial charge in [-0.15, -0.1) is 0 Å². The van der Waals surface area contributed by atoms with E-state index in [1.54, 1.807) is 36.4 Å². The minimum absolute atomic E-state index is 0.110. The summed E-state index contributed by atoms with van der Waals surface area (Å²) in [5.41, 5.74) is 1.10. The summed E-state index contributed by atoms with van der Waals surface area (Å²) in [7, 11) is 0. The highest BCUT2D eigenvalue weighted by Gasteiger charge is 2.23. The Morgan fingerprint density at radius 3 is 2.65 bits per heavy atom. The van der Waals surface area contributed by atoms with Crippen LogP contribution >= 0.6 is 0 Å². The molecule has 2 N–H and O–H groups in total. The van der Waals surface area contributed by atoms with Crippen molar-refractivity contribution in [3.05, 3.63) is 54.0 Å². The summed E-state index contributed by atoms with van der Waals surface area (Å²) >= 11 is 0. The van der Waals surface area contributed by atoms with Gasteiger partial charge in [0.2, 0.25) is 0 Å². The number of furan rings is 1. The van der Waals surface area contributed by atoms with E-state index in [-0.39, 0.29) is 17.6 Å². The third kappa shape index (κ3) is 2.88. The summed E-state index contributed by atoms with van der Waals surface area (Å²) in [4.78, 5) is 23.8. The molecule has 0 unspecified atom stereocenters. The normalized spacial score (nSPS) is 13.8. The van der Waals surface area contributed by atoms with Gasteiger partial charge in [0.15, 0.2) is 5.76 Å². The van der Waals surface area contributed by atoms with Gasteiger partial charge < -0.3 is 15.1 Å². The number of rotatable bonds is 4. The Morgan fingerprint density at radius 1 is 1.10 bits per heavy atom. The average molecular weight is 270 g/mol. The van der Waals surface area contributed by atoms with Gasteiger partial charge in [0, 0.05) is 17.3 Å². The molecule has 102 valence electrons. The van der Waals surface area contributed by atoms with E-state index >= 15 is 0 Å². The molecule has 0 atom stereocenters. The first-order chi connectivity index (χ1) is 9.72. The van der Waals surface area contributed by atoms with Crippen LogP contribution in [0.4, 0.5) is 5.69 Å². The van der Waals surface area contributed by atoms with Gasteiger partial charge in [-0.05, 0) is 43.2 Å². The standard InChI is InChI=1S/C15H14N2O3/c18-14(16-11-6-7-11)10-3-1-4-12(9-10)17-15(19)13-5-2-8-20-13/h1-5,8-9,11H,6-7H2,(H,16,18)(H,17,19). The second-order valence-corrected chi connectivity index (χ2v) is 4.76. The van der Waals surface area contributed by atoms with Crippen molar-refractivity contribution in [3.63, 3.8) is 0 Å². The van der Waals surface area contributed by atoms with Gasteiger partial charge in [0.25, 0.3) is 11.8 Å². The number of hydrogen-bond donors (Lipinski definition) is 2. The Bertz CT molecular complexity index is 630. The zero-order valence-corrected chi connectivity index (χ0v) is 10.8. The van der Waals surface area contributed by atoms with Crippen LogP contribution in [0, 0.1) is 0 Å². The van der Waals surface area contributed by atoms with Gasteiger partial charge in [0.05, 0.1) is 6.26 Å². The zero-order valence-electron chi connectivity index (χ0n) is 10.8. The van der Waals surface area contributed by atoms with E-state index in [1.807, 2.05) is 0 Å². The molecule has 2 amide bonds. The molecule has 1 aromatic carbocycles. The maximum atomic E-state index is 11.9. The van der Waals surface area contributed by atoms with Crippen molar-refractivity contribution in [3.8, 4) is 0 Å². The molecule has 2 aromatic rings. The second kappa shape index (κ2) is 5.21. The van der Waals surface area contributed by atoms with E-state index < -0.39 is 0 Å². The van der Waals surface area contributed by atoms with Crippen molar-refractivity contribution in [2.45, 2.75) is 18.9 Å². The Morgan fingerprint density at radius 2 is 1.95 bits per heavy atom. The molecule has 0 aliphatic heterocycles. The molecule has 1 saturated carbocycles. The number of benzene rings is 1. The minimum Gasteiger partial charge on any atom is -0.459 e. The van der Waals surface area contributed by atoms with E-state index in [4.69, 9.17) is 4.42 Å². The first kappa shape index (κ1) is 12.5. The predicted molar refractivity (Wildman–Crippen MR) is 73.6 cm³/mol. The molecule has 1 fully saturated rings. The van der Waals surface area contributed by atoms with Crippen molar-refractivity contribution >= 4 is 17.5 Å². The van der Waals surface area contributed by atoms with Gasteiger partial charge >= 0.3 is 0 Å². The van der Waals surface area contributed by atoms with Crippen LogP contribution in [0.25, 0.3) is 0 Å². The van der Waals surface area contributed by atoms with Crippen molar-refractivity contribution < 1.29 is 14.0 Å². The topological polar surface area (TPSA) is 71.3 Å². The number of carbonyl (C=O) groups excluding carboxylic acids is 2. The molecule has 1 aliphatic rings. The molecule has 5 nitrogen and oxygen atoms in total. The summed E-state index contributed by atoms with van der Waals surface area (Å²) in [6.07, 6.45) is 3.52. The Hall–Kier alpha value is -2.56. The summed E-state index contributed by atoms with van der Waals surface area (Å²) in [6.45, 7) is 0. The van der Waals surface area contributed by atoms with E-state index in [0.29, 0.717) is 17.3 Å². The maximum Gasteiger partial charge on any atom is 0.291 e. The Labute approximate surface area is 116 Å². The van der Waals surface area contributed by atoms with Gasteiger partial charge in [-0.1, -0.05) is 6.07 Å². The van der Waals surface area contributed by atoms with Crippen molar-refractivity contribution in [1.82, 2.24) is 5.32 Å². The summed E-state index contributed by atoms with van der Waals surface area (Å²) < 4.78 is 5.01. The number of amides is 2. The molecule has 0 radical (unpaired) electrons. The van der Waals surface area contributed by atoms with E-state index in [0.717, 1.165) is 12.8 Å². The number of anilines is 1. The van der Waals surface area contributed by atoms with Crippen LogP contribution in [0.15, 0.2) is 47.1 Å². The lowest BCUT2D eigenvalue weighted by atomic mass is 10.2. The quantitative estimate of drug-likeness (QED) is 0.896. The zero-order chi connectivity index (χ0) is 13.9. The van der Waals surface area contributed by atoms with Crippen LogP contribution < -0.4 is 10.6 Å². The highest BCUT2D eigenvalue weighted by atomic mass is 16.3. The number of carbonyl (C=O) groups is 2. The van der Waals surface area contributed by atoms with Crippen LogP contribution in [0.1, 0.15) is 33.8 Å². The molecular weight excluding hydrogens is 256 g/mol. The van der Waals surface area contributed by atoms with Gasteiger partial charge in [-0.3, -0.25) is 9.59 Å². The summed E-state index contributed by atoms with van der Waals surface area (Å²) in [5, 5.41) is 5.60. The summed E-state index contributed by atoms with van der Waals surface area (Å²) in [5.74, 6) is -0.214. The molecule has 0 bridgehead atoms. The molecule has 0 spiro atoms. The third-order valence-electron chi connectivity index (χ3n) is 3.04. The highest BCUT2D eigenvalue weighted by Crippen LogP contribution is 2.20. The monoisotopic (exact) mass is 270 g/mol. The smallest absolute Gasteiger partial charge is 0.291 e. The van der Waals surface area contributed by atoms with Crippen LogP contribution in [0.3, 0.4) is 0 Å². The van der Waals surface area contributed by atoms with Crippen molar-refractivity contribution in [2.24, 2.45) is 0 Å². The van der Waals surface area contributed by atoms with Crippen LogP contribution in [0.5, 0.6) is 0 Å². The second-order valence-electron chi connectivity index (χ2n) is 4.76. The lowest BCUT2D eigenvalue weighted by Gasteiger charge is -2.07. The SMILES string of the molecule is O=C(NC1CC1)c1cccc(NC(=O)c2ccco2)c1. The van der Waals surface area contributed by atoms with Gasteiger partial charge in [-0.2, -0.15) is 0 Å². The molecule has 1 heterocycles. The summed E-state index contributed by atoms with van der Waals surface area (Å²) in [6, 6.07) is 10.4. The molecule has 0 saturated heterocycles. The number of hydrogen-bond acceptors (Lipinski definition) is 3. The predicted octanol–water partition coefficient (Wildman–Crippen LogP) is 2.42. The molecule has 3 rings (SSSR count). The fourth-order valence-electron chi connectivity index (χ4n) is 1.84. The molecule has 5 heteroatoms. The minimum atomic E-state index is -0.338. The maximum absolute atomic E-state index is 11.9. The fourth-order valence-corrected chi connectivity index (χ4v) is 1.84. The first-order valence-corrected chi connectivity index (χ1v) is 6.48. The fraction of sp³-hybridized carbons (Fsp3) is 0.200. The number of nitrogens with one attached hydrogen (secondary N) is 2. The van der Waals surface area contributed by atoms with Crippen molar-refractivity contribution in [1.29, 1.82) is 0 Å². The van der Waals surface area contributed by atoms with E-state index in [1.165, 1.54) is 6.26 Å². The Kier molecular flexibility index (Phi) is 3.25. The molecule has 1 aliphatic carbocycles. The average Bonchev–Trinajstić information content (AvgIpc) is 3.08. The first-order valence-electron chi connectivity index (χ1n) is 6.48. The Balaban J connectivity index is 1.70. The van der Waals surface area contributed by atoms with Crippen LogP contribution in [-0.2, 0) is 0 Å². The van der Waals surface area contributed by atoms with Crippen molar-refractivity contribution in [2.75, 3.05) is 5.32 Å². The molecular formula is C15H14N2O3.